The topological polar surface area (TPSA) is 41.7 Å². The van der Waals surface area contributed by atoms with Crippen molar-refractivity contribution in [3.8, 4) is 5.75 Å². The van der Waals surface area contributed by atoms with Gasteiger partial charge in [0.25, 0.3) is 0 Å². The standard InChI is InChI=1S/C15H25N3O/c1-13(6-7-16)17-8-10-18(11-9-17)14-4-3-5-15(12-14)19-2/h3-5,12-13H,6-11,16H2,1-2H3. The van der Waals surface area contributed by atoms with Gasteiger partial charge in [-0.2, -0.15) is 0 Å². The Morgan fingerprint density at radius 2 is 2.00 bits per heavy atom. The van der Waals surface area contributed by atoms with Crippen molar-refractivity contribution in [3.63, 3.8) is 0 Å². The van der Waals surface area contributed by atoms with Gasteiger partial charge in [0.15, 0.2) is 0 Å². The van der Waals surface area contributed by atoms with E-state index in [1.165, 1.54) is 5.69 Å². The molecule has 2 N–H and O–H groups in total. The maximum Gasteiger partial charge on any atom is 0.120 e. The van der Waals surface area contributed by atoms with Crippen LogP contribution in [-0.2, 0) is 0 Å². The minimum Gasteiger partial charge on any atom is -0.497 e. The third-order valence-electron chi connectivity index (χ3n) is 3.94. The zero-order chi connectivity index (χ0) is 13.7. The molecule has 19 heavy (non-hydrogen) atoms. The number of hydrogen-bond donors (Lipinski definition) is 1. The lowest BCUT2D eigenvalue weighted by Crippen LogP contribution is -2.50. The van der Waals surface area contributed by atoms with Gasteiger partial charge in [0.05, 0.1) is 7.11 Å². The number of nitrogens with two attached hydrogens (primary N) is 1. The highest BCUT2D eigenvalue weighted by atomic mass is 16.5. The zero-order valence-electron chi connectivity index (χ0n) is 12.0. The molecule has 0 aromatic heterocycles. The lowest BCUT2D eigenvalue weighted by Gasteiger charge is -2.39. The molecule has 1 unspecified atom stereocenters. The van der Waals surface area contributed by atoms with E-state index in [9.17, 15) is 0 Å². The van der Waals surface area contributed by atoms with Crippen LogP contribution in [0.1, 0.15) is 13.3 Å². The number of rotatable bonds is 5. The summed E-state index contributed by atoms with van der Waals surface area (Å²) in [4.78, 5) is 4.96. The van der Waals surface area contributed by atoms with Gasteiger partial charge in [-0.15, -0.1) is 0 Å². The van der Waals surface area contributed by atoms with Crippen LogP contribution in [0.4, 0.5) is 5.69 Å². The predicted octanol–water partition coefficient (Wildman–Crippen LogP) is 1.55. The SMILES string of the molecule is COc1cccc(N2CCN(C(C)CCN)CC2)c1. The Morgan fingerprint density at radius 1 is 1.26 bits per heavy atom. The van der Waals surface area contributed by atoms with Gasteiger partial charge in [-0.1, -0.05) is 6.07 Å². The van der Waals surface area contributed by atoms with Crippen molar-refractivity contribution in [1.29, 1.82) is 0 Å². The zero-order valence-corrected chi connectivity index (χ0v) is 12.0. The van der Waals surface area contributed by atoms with Crippen LogP contribution in [0.15, 0.2) is 24.3 Å². The minimum absolute atomic E-state index is 0.595. The summed E-state index contributed by atoms with van der Waals surface area (Å²) in [7, 11) is 1.71. The van der Waals surface area contributed by atoms with Crippen LogP contribution < -0.4 is 15.4 Å². The molecule has 0 aliphatic carbocycles. The van der Waals surface area contributed by atoms with Crippen molar-refractivity contribution in [1.82, 2.24) is 4.90 Å². The van der Waals surface area contributed by atoms with E-state index >= 15 is 0 Å². The molecule has 0 saturated carbocycles. The molecule has 0 bridgehead atoms. The van der Waals surface area contributed by atoms with Crippen molar-refractivity contribution in [2.45, 2.75) is 19.4 Å². The van der Waals surface area contributed by atoms with E-state index in [1.54, 1.807) is 7.11 Å². The van der Waals surface area contributed by atoms with Gasteiger partial charge >= 0.3 is 0 Å². The van der Waals surface area contributed by atoms with Crippen LogP contribution in [0.2, 0.25) is 0 Å². The van der Waals surface area contributed by atoms with Gasteiger partial charge in [0, 0.05) is 44.0 Å². The molecular weight excluding hydrogens is 238 g/mol. The number of anilines is 1. The van der Waals surface area contributed by atoms with Crippen LogP contribution in [0.25, 0.3) is 0 Å². The lowest BCUT2D eigenvalue weighted by molar-refractivity contribution is 0.190. The summed E-state index contributed by atoms with van der Waals surface area (Å²) in [5.74, 6) is 0.927. The van der Waals surface area contributed by atoms with Gasteiger partial charge < -0.3 is 15.4 Å². The summed E-state index contributed by atoms with van der Waals surface area (Å²) in [5.41, 5.74) is 6.89. The first-order valence-electron chi connectivity index (χ1n) is 7.07. The highest BCUT2D eigenvalue weighted by Crippen LogP contribution is 2.22. The summed E-state index contributed by atoms with van der Waals surface area (Å²) >= 11 is 0. The Balaban J connectivity index is 1.92. The lowest BCUT2D eigenvalue weighted by atomic mass is 10.1. The number of nitrogens with zero attached hydrogens (tertiary/aromatic N) is 2. The highest BCUT2D eigenvalue weighted by Gasteiger charge is 2.20. The van der Waals surface area contributed by atoms with Crippen molar-refractivity contribution >= 4 is 5.69 Å². The average Bonchev–Trinajstić information content (AvgIpc) is 2.48. The molecule has 1 aromatic carbocycles. The summed E-state index contributed by atoms with van der Waals surface area (Å²) in [6.07, 6.45) is 1.08. The molecule has 0 amide bonds. The smallest absolute Gasteiger partial charge is 0.120 e. The van der Waals surface area contributed by atoms with Crippen LogP contribution in [0, 0.1) is 0 Å². The van der Waals surface area contributed by atoms with Gasteiger partial charge in [-0.3, -0.25) is 4.90 Å². The third kappa shape index (κ3) is 3.61. The Labute approximate surface area is 116 Å². The molecule has 0 radical (unpaired) electrons. The fourth-order valence-corrected chi connectivity index (χ4v) is 2.65. The van der Waals surface area contributed by atoms with Gasteiger partial charge in [-0.25, -0.2) is 0 Å². The van der Waals surface area contributed by atoms with E-state index in [0.29, 0.717) is 6.04 Å². The summed E-state index contributed by atoms with van der Waals surface area (Å²) in [6.45, 7) is 7.41. The predicted molar refractivity (Wildman–Crippen MR) is 79.9 cm³/mol. The largest absolute Gasteiger partial charge is 0.497 e. The highest BCUT2D eigenvalue weighted by molar-refractivity contribution is 5.51. The van der Waals surface area contributed by atoms with E-state index in [0.717, 1.165) is 44.9 Å². The number of piperazine rings is 1. The van der Waals surface area contributed by atoms with Gasteiger partial charge in [-0.05, 0) is 32.0 Å². The normalized spacial score (nSPS) is 18.4. The number of ether oxygens (including phenoxy) is 1. The van der Waals surface area contributed by atoms with Crippen LogP contribution in [0.5, 0.6) is 5.75 Å². The molecule has 1 atom stereocenters. The van der Waals surface area contributed by atoms with E-state index in [-0.39, 0.29) is 0 Å². The Kier molecular flexibility index (Phi) is 5.05. The second kappa shape index (κ2) is 6.78. The molecule has 1 saturated heterocycles. The molecule has 1 aliphatic heterocycles. The molecule has 1 aromatic rings. The quantitative estimate of drug-likeness (QED) is 0.875. The number of methoxy groups -OCH3 is 1. The van der Waals surface area contributed by atoms with Crippen molar-refractivity contribution in [3.05, 3.63) is 24.3 Å². The first kappa shape index (κ1) is 14.2. The third-order valence-corrected chi connectivity index (χ3v) is 3.94. The van der Waals surface area contributed by atoms with E-state index in [1.807, 2.05) is 6.07 Å². The summed E-state index contributed by atoms with van der Waals surface area (Å²) in [6, 6.07) is 8.90. The first-order chi connectivity index (χ1) is 9.24. The second-order valence-electron chi connectivity index (χ2n) is 5.15. The minimum atomic E-state index is 0.595. The molecule has 2 rings (SSSR count). The maximum absolute atomic E-state index is 5.64. The van der Waals surface area contributed by atoms with Crippen LogP contribution >= 0.6 is 0 Å². The Hall–Kier alpha value is -1.26. The molecule has 4 heteroatoms. The summed E-state index contributed by atoms with van der Waals surface area (Å²) < 4.78 is 5.29. The van der Waals surface area contributed by atoms with E-state index < -0.39 is 0 Å². The second-order valence-corrected chi connectivity index (χ2v) is 5.15. The number of hydrogen-bond acceptors (Lipinski definition) is 4. The van der Waals surface area contributed by atoms with Gasteiger partial charge in [0.2, 0.25) is 0 Å². The molecule has 1 heterocycles. The van der Waals surface area contributed by atoms with Crippen LogP contribution in [-0.4, -0.2) is 50.8 Å². The molecule has 4 nitrogen and oxygen atoms in total. The maximum atomic E-state index is 5.64. The molecule has 0 spiro atoms. The Morgan fingerprint density at radius 3 is 2.63 bits per heavy atom. The number of benzene rings is 1. The average molecular weight is 263 g/mol. The summed E-state index contributed by atoms with van der Waals surface area (Å²) in [5, 5.41) is 0. The fraction of sp³-hybridized carbons (Fsp3) is 0.600. The van der Waals surface area contributed by atoms with E-state index in [4.69, 9.17) is 10.5 Å². The van der Waals surface area contributed by atoms with Crippen molar-refractivity contribution in [2.75, 3.05) is 44.7 Å². The fourth-order valence-electron chi connectivity index (χ4n) is 2.65. The Bertz CT molecular complexity index is 389. The van der Waals surface area contributed by atoms with Gasteiger partial charge in [0.1, 0.15) is 5.75 Å². The molecule has 1 aliphatic rings. The monoisotopic (exact) mass is 263 g/mol. The van der Waals surface area contributed by atoms with E-state index in [2.05, 4.69) is 34.9 Å². The molecular formula is C15H25N3O. The molecule has 106 valence electrons. The first-order valence-corrected chi connectivity index (χ1v) is 7.07. The molecule has 1 fully saturated rings. The van der Waals surface area contributed by atoms with Crippen molar-refractivity contribution < 1.29 is 4.74 Å². The van der Waals surface area contributed by atoms with Crippen LogP contribution in [0.3, 0.4) is 0 Å². The van der Waals surface area contributed by atoms with Crippen molar-refractivity contribution in [2.24, 2.45) is 5.73 Å².